The van der Waals surface area contributed by atoms with E-state index in [-0.39, 0.29) is 23.5 Å². The summed E-state index contributed by atoms with van der Waals surface area (Å²) in [6.07, 6.45) is 5.95. The van der Waals surface area contributed by atoms with Crippen molar-refractivity contribution in [3.63, 3.8) is 0 Å². The third-order valence-electron chi connectivity index (χ3n) is 5.17. The second-order valence-corrected chi connectivity index (χ2v) is 7.71. The lowest BCUT2D eigenvalue weighted by Crippen LogP contribution is -2.32. The first kappa shape index (κ1) is 19.1. The van der Waals surface area contributed by atoms with Gasteiger partial charge in [0.25, 0.3) is 5.91 Å². The Morgan fingerprint density at radius 2 is 2.18 bits per heavy atom. The number of hydrogen-bond donors (Lipinski definition) is 1. The molecule has 0 bridgehead atoms. The number of ether oxygens (including phenoxy) is 1. The monoisotopic (exact) mass is 387 g/mol. The fourth-order valence-corrected chi connectivity index (χ4v) is 3.53. The molecule has 2 aliphatic rings. The number of nitrogens with zero attached hydrogens (tertiary/aromatic N) is 2. The number of rotatable bonds is 9. The zero-order valence-corrected chi connectivity index (χ0v) is 15.9. The van der Waals surface area contributed by atoms with Crippen LogP contribution in [0.2, 0.25) is 0 Å². The van der Waals surface area contributed by atoms with E-state index in [1.807, 2.05) is 6.07 Å². The highest BCUT2D eigenvalue weighted by Gasteiger charge is 2.26. The lowest BCUT2D eigenvalue weighted by Gasteiger charge is -2.20. The molecule has 1 saturated carbocycles. The number of halogens is 1. The highest BCUT2D eigenvalue weighted by molar-refractivity contribution is 5.91. The molecule has 1 unspecified atom stereocenters. The molecule has 6 nitrogen and oxygen atoms in total. The third kappa shape index (κ3) is 5.39. The third-order valence-corrected chi connectivity index (χ3v) is 5.17. The number of nitrogens with one attached hydrogen (secondary N) is 1. The van der Waals surface area contributed by atoms with Gasteiger partial charge in [0.2, 0.25) is 5.89 Å². The minimum Gasteiger partial charge on any atom is -0.447 e. The van der Waals surface area contributed by atoms with Gasteiger partial charge in [0.05, 0.1) is 12.6 Å². The molecule has 1 aliphatic carbocycles. The van der Waals surface area contributed by atoms with Crippen molar-refractivity contribution < 1.29 is 18.3 Å². The molecule has 7 heteroatoms. The van der Waals surface area contributed by atoms with Crippen LogP contribution in [0, 0.1) is 11.7 Å². The van der Waals surface area contributed by atoms with E-state index in [2.05, 4.69) is 15.2 Å². The summed E-state index contributed by atoms with van der Waals surface area (Å²) >= 11 is 0. The maximum atomic E-state index is 13.5. The van der Waals surface area contributed by atoms with Crippen molar-refractivity contribution in [3.05, 3.63) is 53.5 Å². The van der Waals surface area contributed by atoms with Crippen LogP contribution in [0.5, 0.6) is 0 Å². The van der Waals surface area contributed by atoms with Crippen molar-refractivity contribution in [3.8, 4) is 0 Å². The Kier molecular flexibility index (Phi) is 6.02. The van der Waals surface area contributed by atoms with Gasteiger partial charge in [0, 0.05) is 26.2 Å². The Bertz CT molecular complexity index is 800. The molecule has 150 valence electrons. The van der Waals surface area contributed by atoms with Gasteiger partial charge in [-0.15, -0.1) is 0 Å². The zero-order valence-electron chi connectivity index (χ0n) is 15.9. The summed E-state index contributed by atoms with van der Waals surface area (Å²) in [7, 11) is 0. The first-order valence-electron chi connectivity index (χ1n) is 9.97. The lowest BCUT2D eigenvalue weighted by atomic mass is 10.2. The summed E-state index contributed by atoms with van der Waals surface area (Å²) in [5.74, 6) is 0.701. The predicted molar refractivity (Wildman–Crippen MR) is 101 cm³/mol. The normalized spacial score (nSPS) is 19.3. The zero-order chi connectivity index (χ0) is 19.3. The van der Waals surface area contributed by atoms with Crippen LogP contribution in [0.1, 0.15) is 47.6 Å². The minimum absolute atomic E-state index is 0.0932. The maximum Gasteiger partial charge on any atom is 0.273 e. The van der Waals surface area contributed by atoms with E-state index in [0.717, 1.165) is 31.6 Å². The number of aromatic nitrogens is 1. The minimum atomic E-state index is -0.246. The van der Waals surface area contributed by atoms with E-state index < -0.39 is 0 Å². The number of benzene rings is 1. The van der Waals surface area contributed by atoms with E-state index in [1.165, 1.54) is 25.2 Å². The summed E-state index contributed by atoms with van der Waals surface area (Å²) < 4.78 is 24.5. The van der Waals surface area contributed by atoms with Gasteiger partial charge in [0.15, 0.2) is 5.69 Å². The van der Waals surface area contributed by atoms with Crippen molar-refractivity contribution in [2.45, 2.75) is 44.9 Å². The first-order valence-corrected chi connectivity index (χ1v) is 9.97. The van der Waals surface area contributed by atoms with Crippen LogP contribution in [0.25, 0.3) is 0 Å². The quantitative estimate of drug-likeness (QED) is 0.716. The lowest BCUT2D eigenvalue weighted by molar-refractivity contribution is 0.0853. The average Bonchev–Trinajstić information content (AvgIpc) is 3.15. The van der Waals surface area contributed by atoms with Gasteiger partial charge in [-0.1, -0.05) is 12.1 Å². The molecule has 1 aromatic heterocycles. The Balaban J connectivity index is 1.34. The van der Waals surface area contributed by atoms with Crippen LogP contribution >= 0.6 is 0 Å². The van der Waals surface area contributed by atoms with Crippen LogP contribution in [-0.2, 0) is 17.8 Å². The fraction of sp³-hybridized carbons (Fsp3) is 0.524. The van der Waals surface area contributed by atoms with Gasteiger partial charge in [-0.25, -0.2) is 9.37 Å². The molecule has 2 fully saturated rings. The Labute approximate surface area is 164 Å². The molecular formula is C21H26FN3O3. The summed E-state index contributed by atoms with van der Waals surface area (Å²) in [4.78, 5) is 18.8. The number of oxazole rings is 1. The van der Waals surface area contributed by atoms with Gasteiger partial charge in [-0.3, -0.25) is 9.69 Å². The average molecular weight is 387 g/mol. The van der Waals surface area contributed by atoms with E-state index in [1.54, 1.807) is 12.1 Å². The van der Waals surface area contributed by atoms with Gasteiger partial charge < -0.3 is 14.5 Å². The van der Waals surface area contributed by atoms with Crippen molar-refractivity contribution in [1.29, 1.82) is 0 Å². The van der Waals surface area contributed by atoms with E-state index >= 15 is 0 Å². The van der Waals surface area contributed by atoms with Gasteiger partial charge in [-0.2, -0.15) is 0 Å². The standard InChI is InChI=1S/C21H26FN3O3/c22-17-4-1-3-16(9-17)12-25(11-15-6-7-15)13-20-24-19(14-28-20)21(26)23-10-18-5-2-8-27-18/h1,3-4,9,14-15,18H,2,5-8,10-13H2,(H,23,26). The fourth-order valence-electron chi connectivity index (χ4n) is 3.53. The molecular weight excluding hydrogens is 361 g/mol. The van der Waals surface area contributed by atoms with Gasteiger partial charge in [-0.05, 0) is 49.3 Å². The second-order valence-electron chi connectivity index (χ2n) is 7.71. The van der Waals surface area contributed by atoms with Gasteiger partial charge >= 0.3 is 0 Å². The summed E-state index contributed by atoms with van der Waals surface area (Å²) in [5.41, 5.74) is 1.20. The molecule has 1 saturated heterocycles. The molecule has 4 rings (SSSR count). The van der Waals surface area contributed by atoms with Crippen LogP contribution in [-0.4, -0.2) is 41.6 Å². The summed E-state index contributed by atoms with van der Waals surface area (Å²) in [6, 6.07) is 6.65. The van der Waals surface area contributed by atoms with Crippen LogP contribution in [0.3, 0.4) is 0 Å². The largest absolute Gasteiger partial charge is 0.447 e. The number of carbonyl (C=O) groups is 1. The SMILES string of the molecule is O=C(NCC1CCCO1)c1coc(CN(Cc2cccc(F)c2)CC2CC2)n1. The van der Waals surface area contributed by atoms with Crippen LogP contribution in [0.15, 0.2) is 34.9 Å². The molecule has 2 heterocycles. The number of carbonyl (C=O) groups excluding carboxylic acids is 1. The highest BCUT2D eigenvalue weighted by atomic mass is 19.1. The topological polar surface area (TPSA) is 67.6 Å². The highest BCUT2D eigenvalue weighted by Crippen LogP contribution is 2.30. The van der Waals surface area contributed by atoms with Gasteiger partial charge in [0.1, 0.15) is 12.1 Å². The molecule has 1 amide bonds. The maximum absolute atomic E-state index is 13.5. The van der Waals surface area contributed by atoms with Crippen LogP contribution in [0.4, 0.5) is 4.39 Å². The Morgan fingerprint density at radius 1 is 1.29 bits per heavy atom. The van der Waals surface area contributed by atoms with Crippen LogP contribution < -0.4 is 5.32 Å². The molecule has 1 aromatic carbocycles. The van der Waals surface area contributed by atoms with Crippen molar-refractivity contribution in [2.24, 2.45) is 5.92 Å². The van der Waals surface area contributed by atoms with E-state index in [0.29, 0.717) is 31.4 Å². The summed E-state index contributed by atoms with van der Waals surface area (Å²) in [5, 5.41) is 2.85. The smallest absolute Gasteiger partial charge is 0.273 e. The molecule has 0 radical (unpaired) electrons. The summed E-state index contributed by atoms with van der Waals surface area (Å²) in [6.45, 7) is 3.29. The molecule has 0 spiro atoms. The van der Waals surface area contributed by atoms with E-state index in [9.17, 15) is 9.18 Å². The van der Waals surface area contributed by atoms with Crippen molar-refractivity contribution in [2.75, 3.05) is 19.7 Å². The number of hydrogen-bond acceptors (Lipinski definition) is 5. The predicted octanol–water partition coefficient (Wildman–Crippen LogP) is 3.13. The number of amides is 1. The Morgan fingerprint density at radius 3 is 2.93 bits per heavy atom. The molecule has 28 heavy (non-hydrogen) atoms. The Hall–Kier alpha value is -2.25. The molecule has 1 atom stereocenters. The molecule has 1 N–H and O–H groups in total. The van der Waals surface area contributed by atoms with E-state index in [4.69, 9.17) is 9.15 Å². The first-order chi connectivity index (χ1) is 13.7. The molecule has 2 aromatic rings. The molecule has 1 aliphatic heterocycles. The van der Waals surface area contributed by atoms with Crippen molar-refractivity contribution >= 4 is 5.91 Å². The van der Waals surface area contributed by atoms with Crippen molar-refractivity contribution in [1.82, 2.24) is 15.2 Å². The second kappa shape index (κ2) is 8.84.